The second-order valence-corrected chi connectivity index (χ2v) is 5.44. The van der Waals surface area contributed by atoms with Gasteiger partial charge in [0.1, 0.15) is 5.54 Å². The molecule has 2 N–H and O–H groups in total. The number of rotatable bonds is 4. The summed E-state index contributed by atoms with van der Waals surface area (Å²) in [4.78, 5) is 22.9. The van der Waals surface area contributed by atoms with Crippen molar-refractivity contribution in [2.75, 3.05) is 12.0 Å². The molecule has 4 nitrogen and oxygen atoms in total. The molecule has 0 bridgehead atoms. The average Bonchev–Trinajstić information content (AvgIpc) is 2.17. The van der Waals surface area contributed by atoms with Gasteiger partial charge in [0.2, 0.25) is 5.91 Å². The minimum Gasteiger partial charge on any atom is -0.480 e. The fraction of sp³-hybridized carbons (Fsp3) is 0.818. The molecule has 0 heterocycles. The van der Waals surface area contributed by atoms with Gasteiger partial charge in [0.05, 0.1) is 5.75 Å². The van der Waals surface area contributed by atoms with Gasteiger partial charge in [-0.25, -0.2) is 4.79 Å². The summed E-state index contributed by atoms with van der Waals surface area (Å²) in [5.41, 5.74) is -1.02. The van der Waals surface area contributed by atoms with Crippen molar-refractivity contribution >= 4 is 23.6 Å². The third-order valence-corrected chi connectivity index (χ3v) is 3.61. The molecular weight excluding hydrogens is 226 g/mol. The van der Waals surface area contributed by atoms with Crippen LogP contribution in [-0.4, -0.2) is 34.5 Å². The molecule has 5 heteroatoms. The SMILES string of the molecule is CSCC(=O)NC1(C(=O)O)CCCC(C)C1. The summed E-state index contributed by atoms with van der Waals surface area (Å²) in [6, 6.07) is 0. The summed E-state index contributed by atoms with van der Waals surface area (Å²) >= 11 is 1.40. The molecular formula is C11H19NO3S. The van der Waals surface area contributed by atoms with Gasteiger partial charge in [-0.15, -0.1) is 0 Å². The number of amides is 1. The minimum absolute atomic E-state index is 0.177. The number of hydrogen-bond donors (Lipinski definition) is 2. The quantitative estimate of drug-likeness (QED) is 0.787. The van der Waals surface area contributed by atoms with E-state index in [1.165, 1.54) is 11.8 Å². The van der Waals surface area contributed by atoms with Crippen molar-refractivity contribution < 1.29 is 14.7 Å². The van der Waals surface area contributed by atoms with Crippen molar-refractivity contribution in [2.45, 2.75) is 38.1 Å². The standard InChI is InChI=1S/C11H19NO3S/c1-8-4-3-5-11(6-8,10(14)15)12-9(13)7-16-2/h8H,3-7H2,1-2H3,(H,12,13)(H,14,15). The number of nitrogens with one attached hydrogen (secondary N) is 1. The van der Waals surface area contributed by atoms with E-state index < -0.39 is 11.5 Å². The van der Waals surface area contributed by atoms with Crippen molar-refractivity contribution in [2.24, 2.45) is 5.92 Å². The summed E-state index contributed by atoms with van der Waals surface area (Å²) in [6.45, 7) is 2.04. The smallest absolute Gasteiger partial charge is 0.329 e. The van der Waals surface area contributed by atoms with E-state index in [1.54, 1.807) is 0 Å². The summed E-state index contributed by atoms with van der Waals surface area (Å²) in [6.07, 6.45) is 4.84. The number of carboxylic acid groups (broad SMARTS) is 1. The van der Waals surface area contributed by atoms with E-state index >= 15 is 0 Å². The number of carbonyl (C=O) groups excluding carboxylic acids is 1. The zero-order valence-corrected chi connectivity index (χ0v) is 10.6. The molecule has 0 aliphatic heterocycles. The highest BCUT2D eigenvalue weighted by Crippen LogP contribution is 2.32. The lowest BCUT2D eigenvalue weighted by Gasteiger charge is -2.37. The lowest BCUT2D eigenvalue weighted by molar-refractivity contribution is -0.149. The Bertz CT molecular complexity index is 282. The highest BCUT2D eigenvalue weighted by Gasteiger charge is 2.42. The van der Waals surface area contributed by atoms with Gasteiger partial charge in [-0.1, -0.05) is 19.8 Å². The van der Waals surface area contributed by atoms with Gasteiger partial charge < -0.3 is 10.4 Å². The van der Waals surface area contributed by atoms with Gasteiger partial charge in [-0.3, -0.25) is 4.79 Å². The Morgan fingerprint density at radius 2 is 2.25 bits per heavy atom. The third kappa shape index (κ3) is 3.14. The molecule has 0 aromatic carbocycles. The predicted octanol–water partition coefficient (Wildman–Crippen LogP) is 1.50. The molecule has 1 aliphatic carbocycles. The average molecular weight is 245 g/mol. The molecule has 92 valence electrons. The molecule has 2 unspecified atom stereocenters. The summed E-state index contributed by atoms with van der Waals surface area (Å²) < 4.78 is 0. The van der Waals surface area contributed by atoms with Crippen LogP contribution in [0.5, 0.6) is 0 Å². The van der Waals surface area contributed by atoms with Crippen LogP contribution in [0.3, 0.4) is 0 Å². The van der Waals surface area contributed by atoms with E-state index in [2.05, 4.69) is 5.32 Å². The molecule has 2 atom stereocenters. The molecule has 1 amide bonds. The zero-order valence-electron chi connectivity index (χ0n) is 9.78. The first-order valence-corrected chi connectivity index (χ1v) is 6.93. The highest BCUT2D eigenvalue weighted by molar-refractivity contribution is 7.99. The minimum atomic E-state index is -1.02. The fourth-order valence-corrected chi connectivity index (χ4v) is 2.68. The van der Waals surface area contributed by atoms with Gasteiger partial charge in [0.15, 0.2) is 0 Å². The Labute approximate surface area is 100 Å². The second-order valence-electron chi connectivity index (χ2n) is 4.57. The van der Waals surface area contributed by atoms with Gasteiger partial charge in [-0.05, 0) is 25.0 Å². The first kappa shape index (κ1) is 13.4. The maximum absolute atomic E-state index is 11.5. The first-order chi connectivity index (χ1) is 7.50. The molecule has 1 saturated carbocycles. The van der Waals surface area contributed by atoms with Gasteiger partial charge in [-0.2, -0.15) is 11.8 Å². The molecule has 0 aromatic heterocycles. The van der Waals surface area contributed by atoms with Gasteiger partial charge >= 0.3 is 5.97 Å². The highest BCUT2D eigenvalue weighted by atomic mass is 32.2. The lowest BCUT2D eigenvalue weighted by atomic mass is 9.76. The Morgan fingerprint density at radius 3 is 2.75 bits per heavy atom. The maximum atomic E-state index is 11.5. The Balaban J connectivity index is 2.72. The normalized spacial score (nSPS) is 29.8. The molecule has 0 saturated heterocycles. The third-order valence-electron chi connectivity index (χ3n) is 3.06. The molecule has 16 heavy (non-hydrogen) atoms. The van der Waals surface area contributed by atoms with Crippen molar-refractivity contribution in [3.63, 3.8) is 0 Å². The number of carboxylic acids is 1. The summed E-state index contributed by atoms with van der Waals surface area (Å²) in [7, 11) is 0. The van der Waals surface area contributed by atoms with Gasteiger partial charge in [0, 0.05) is 0 Å². The van der Waals surface area contributed by atoms with Crippen LogP contribution in [-0.2, 0) is 9.59 Å². The van der Waals surface area contributed by atoms with Crippen LogP contribution in [0.2, 0.25) is 0 Å². The van der Waals surface area contributed by atoms with Crippen molar-refractivity contribution in [1.82, 2.24) is 5.32 Å². The van der Waals surface area contributed by atoms with Gasteiger partial charge in [0.25, 0.3) is 0 Å². The van der Waals surface area contributed by atoms with E-state index in [9.17, 15) is 14.7 Å². The van der Waals surface area contributed by atoms with Crippen LogP contribution in [0.25, 0.3) is 0 Å². The molecule has 1 rings (SSSR count). The Kier molecular flexibility index (Phi) is 4.65. The molecule has 0 radical (unpaired) electrons. The molecule has 1 fully saturated rings. The lowest BCUT2D eigenvalue weighted by Crippen LogP contribution is -2.57. The summed E-state index contributed by atoms with van der Waals surface area (Å²) in [5, 5.41) is 12.0. The van der Waals surface area contributed by atoms with Crippen LogP contribution in [0.15, 0.2) is 0 Å². The van der Waals surface area contributed by atoms with E-state index in [1.807, 2.05) is 13.2 Å². The predicted molar refractivity (Wildman–Crippen MR) is 64.5 cm³/mol. The van der Waals surface area contributed by atoms with Crippen LogP contribution in [0, 0.1) is 5.92 Å². The zero-order chi connectivity index (χ0) is 12.2. The molecule has 0 spiro atoms. The fourth-order valence-electron chi connectivity index (χ4n) is 2.35. The molecule has 1 aliphatic rings. The second kappa shape index (κ2) is 5.57. The summed E-state index contributed by atoms with van der Waals surface area (Å²) in [5.74, 6) is -0.388. The van der Waals surface area contributed by atoms with Crippen LogP contribution >= 0.6 is 11.8 Å². The number of hydrogen-bond acceptors (Lipinski definition) is 3. The number of thioether (sulfide) groups is 1. The Morgan fingerprint density at radius 1 is 1.56 bits per heavy atom. The molecule has 0 aromatic rings. The number of carbonyl (C=O) groups is 2. The van der Waals surface area contributed by atoms with E-state index in [0.717, 1.165) is 12.8 Å². The van der Waals surface area contributed by atoms with E-state index in [-0.39, 0.29) is 5.91 Å². The van der Waals surface area contributed by atoms with Crippen LogP contribution in [0.1, 0.15) is 32.6 Å². The van der Waals surface area contributed by atoms with Crippen LogP contribution in [0.4, 0.5) is 0 Å². The first-order valence-electron chi connectivity index (χ1n) is 5.53. The largest absolute Gasteiger partial charge is 0.480 e. The maximum Gasteiger partial charge on any atom is 0.329 e. The van der Waals surface area contributed by atoms with Crippen molar-refractivity contribution in [3.05, 3.63) is 0 Å². The van der Waals surface area contributed by atoms with Crippen molar-refractivity contribution in [3.8, 4) is 0 Å². The Hall–Kier alpha value is -0.710. The monoisotopic (exact) mass is 245 g/mol. The van der Waals surface area contributed by atoms with Crippen LogP contribution < -0.4 is 5.32 Å². The van der Waals surface area contributed by atoms with E-state index in [0.29, 0.717) is 24.5 Å². The van der Waals surface area contributed by atoms with Crippen molar-refractivity contribution in [1.29, 1.82) is 0 Å². The van der Waals surface area contributed by atoms with E-state index in [4.69, 9.17) is 0 Å². The number of aliphatic carboxylic acids is 1. The topological polar surface area (TPSA) is 66.4 Å².